The number of ether oxygens (including phenoxy) is 1. The van der Waals surface area contributed by atoms with Crippen molar-refractivity contribution >= 4 is 27.5 Å². The van der Waals surface area contributed by atoms with Crippen LogP contribution in [0.1, 0.15) is 38.8 Å². The van der Waals surface area contributed by atoms with Gasteiger partial charge in [-0.05, 0) is 64.8 Å². The number of aliphatic hydroxyl groups is 1. The molecule has 0 fully saturated rings. The lowest BCUT2D eigenvalue weighted by Crippen LogP contribution is -2.56. The molecule has 11 nitrogen and oxygen atoms in total. The van der Waals surface area contributed by atoms with Crippen molar-refractivity contribution in [2.75, 3.05) is 20.2 Å². The van der Waals surface area contributed by atoms with E-state index in [1.807, 2.05) is 12.2 Å². The third kappa shape index (κ3) is 5.93. The lowest BCUT2D eigenvalue weighted by atomic mass is 10.0. The zero-order chi connectivity index (χ0) is 30.8. The number of aliphatic hydroxyl groups excluding tert-OH is 1. The number of amides is 1. The van der Waals surface area contributed by atoms with Crippen LogP contribution in [-0.4, -0.2) is 66.3 Å². The molecule has 0 radical (unpaired) electrons. The molecule has 1 aromatic carbocycles. The van der Waals surface area contributed by atoms with Crippen LogP contribution in [0.5, 0.6) is 5.75 Å². The zero-order valence-corrected chi connectivity index (χ0v) is 25.3. The molecule has 1 N–H and O–H groups in total. The normalized spacial score (nSPS) is 13.1. The molecule has 0 spiro atoms. The Balaban J connectivity index is 0.000000952. The number of methoxy groups -OCH3 is 1. The molecule has 0 saturated heterocycles. The van der Waals surface area contributed by atoms with Crippen molar-refractivity contribution in [3.05, 3.63) is 80.5 Å². The number of rotatable bonds is 7. The Morgan fingerprint density at radius 3 is 2.38 bits per heavy atom. The molecular formula is C29H35FN6O5S. The number of fused-ring (bicyclic) bond motifs is 1. The van der Waals surface area contributed by atoms with Gasteiger partial charge in [0, 0.05) is 31.3 Å². The number of aromatic nitrogens is 5. The van der Waals surface area contributed by atoms with Gasteiger partial charge in [-0.15, -0.1) is 4.80 Å². The molecule has 1 aliphatic heterocycles. The SMILES string of the molecule is CC(C)O.COc1ccc(F)cc1CCn1c(=O)n(C(C)(C)C(=O)N2CC=CC2)c(=O)c2c(C)c(-n3nccn3)sc21. The van der Waals surface area contributed by atoms with Gasteiger partial charge in [0.15, 0.2) is 0 Å². The minimum atomic E-state index is -1.45. The van der Waals surface area contributed by atoms with Crippen LogP contribution in [0, 0.1) is 12.7 Å². The summed E-state index contributed by atoms with van der Waals surface area (Å²) in [7, 11) is 1.49. The monoisotopic (exact) mass is 598 g/mol. The molecule has 224 valence electrons. The van der Waals surface area contributed by atoms with E-state index >= 15 is 0 Å². The first-order chi connectivity index (χ1) is 19.9. The summed E-state index contributed by atoms with van der Waals surface area (Å²) in [6.45, 7) is 9.34. The Morgan fingerprint density at radius 2 is 1.79 bits per heavy atom. The second-order valence-electron chi connectivity index (χ2n) is 10.6. The standard InChI is InChI=1S/C26H27FN6O4S.C3H8O/c1-16-20-21(34)32(26(2,3)24(35)30-12-5-6-13-30)25(36)31(23(20)38-22(16)33-28-10-11-29-33)14-9-17-15-18(27)7-8-19(17)37-4;1-3(2)4/h5-8,10-11,15H,9,12-14H2,1-4H3;3-4H,1-2H3. The molecule has 0 atom stereocenters. The number of hydrogen-bond acceptors (Lipinski definition) is 8. The highest BCUT2D eigenvalue weighted by Gasteiger charge is 2.38. The molecule has 13 heteroatoms. The maximum Gasteiger partial charge on any atom is 0.333 e. The van der Waals surface area contributed by atoms with Crippen molar-refractivity contribution < 1.29 is 19.0 Å². The fraction of sp³-hybridized carbons (Fsp3) is 0.414. The average molecular weight is 599 g/mol. The third-order valence-corrected chi connectivity index (χ3v) is 8.10. The lowest BCUT2D eigenvalue weighted by Gasteiger charge is -2.31. The predicted molar refractivity (Wildman–Crippen MR) is 159 cm³/mol. The van der Waals surface area contributed by atoms with Crippen LogP contribution in [0.15, 0.2) is 52.3 Å². The molecule has 3 aromatic heterocycles. The highest BCUT2D eigenvalue weighted by atomic mass is 32.1. The maximum atomic E-state index is 14.0. The number of aryl methyl sites for hydroxylation is 3. The quantitative estimate of drug-likeness (QED) is 0.324. The van der Waals surface area contributed by atoms with Crippen LogP contribution in [0.4, 0.5) is 4.39 Å². The highest BCUT2D eigenvalue weighted by molar-refractivity contribution is 7.21. The van der Waals surface area contributed by atoms with E-state index in [0.29, 0.717) is 45.2 Å². The summed E-state index contributed by atoms with van der Waals surface area (Å²) in [4.78, 5) is 44.9. The molecule has 0 aliphatic carbocycles. The van der Waals surface area contributed by atoms with Crippen molar-refractivity contribution in [3.8, 4) is 10.8 Å². The maximum absolute atomic E-state index is 14.0. The van der Waals surface area contributed by atoms with Crippen LogP contribution in [0.2, 0.25) is 0 Å². The van der Waals surface area contributed by atoms with Gasteiger partial charge in [-0.1, -0.05) is 23.5 Å². The second-order valence-corrected chi connectivity index (χ2v) is 11.6. The van der Waals surface area contributed by atoms with Crippen molar-refractivity contribution in [2.24, 2.45) is 0 Å². The molecule has 1 aliphatic rings. The van der Waals surface area contributed by atoms with E-state index < -0.39 is 22.6 Å². The minimum absolute atomic E-state index is 0.122. The van der Waals surface area contributed by atoms with Gasteiger partial charge in [0.1, 0.15) is 26.9 Å². The van der Waals surface area contributed by atoms with Crippen LogP contribution >= 0.6 is 11.3 Å². The van der Waals surface area contributed by atoms with Gasteiger partial charge in [0.2, 0.25) is 5.91 Å². The first-order valence-corrected chi connectivity index (χ1v) is 14.3. The van der Waals surface area contributed by atoms with Crippen molar-refractivity contribution in [2.45, 2.75) is 59.2 Å². The molecule has 0 unspecified atom stereocenters. The molecule has 42 heavy (non-hydrogen) atoms. The molecule has 4 heterocycles. The van der Waals surface area contributed by atoms with Crippen molar-refractivity contribution in [1.29, 1.82) is 0 Å². The lowest BCUT2D eigenvalue weighted by molar-refractivity contribution is -0.138. The van der Waals surface area contributed by atoms with Crippen LogP contribution in [0.25, 0.3) is 15.2 Å². The number of carbonyl (C=O) groups is 1. The summed E-state index contributed by atoms with van der Waals surface area (Å²) in [5.41, 5.74) is -1.45. The molecule has 0 saturated carbocycles. The Morgan fingerprint density at radius 1 is 1.17 bits per heavy atom. The Labute approximate surface area is 246 Å². The first-order valence-electron chi connectivity index (χ1n) is 13.5. The van der Waals surface area contributed by atoms with Crippen molar-refractivity contribution in [1.82, 2.24) is 29.0 Å². The number of nitrogens with zero attached hydrogens (tertiary/aromatic N) is 6. The van der Waals surface area contributed by atoms with Gasteiger partial charge in [0.05, 0.1) is 24.9 Å². The van der Waals surface area contributed by atoms with E-state index in [1.165, 1.54) is 58.4 Å². The topological polar surface area (TPSA) is 124 Å². The number of benzene rings is 1. The second kappa shape index (κ2) is 12.4. The smallest absolute Gasteiger partial charge is 0.333 e. The van der Waals surface area contributed by atoms with Crippen LogP contribution in [-0.2, 0) is 23.3 Å². The van der Waals surface area contributed by atoms with Crippen molar-refractivity contribution in [3.63, 3.8) is 0 Å². The summed E-state index contributed by atoms with van der Waals surface area (Å²) in [6, 6.07) is 4.20. The highest BCUT2D eigenvalue weighted by Crippen LogP contribution is 2.31. The van der Waals surface area contributed by atoms with Gasteiger partial charge >= 0.3 is 5.69 Å². The molecule has 5 rings (SSSR count). The summed E-state index contributed by atoms with van der Waals surface area (Å²) in [5, 5.41) is 17.3. The summed E-state index contributed by atoms with van der Waals surface area (Å²) in [6.07, 6.45) is 6.88. The summed E-state index contributed by atoms with van der Waals surface area (Å²) >= 11 is 1.21. The number of halogens is 1. The van der Waals surface area contributed by atoms with Gasteiger partial charge in [-0.2, -0.15) is 10.2 Å². The average Bonchev–Trinajstić information content (AvgIpc) is 3.70. The number of thiophene rings is 1. The number of carbonyl (C=O) groups excluding carboxylic acids is 1. The molecule has 0 bridgehead atoms. The van der Waals surface area contributed by atoms with Crippen LogP contribution < -0.4 is 16.0 Å². The summed E-state index contributed by atoms with van der Waals surface area (Å²) < 4.78 is 21.9. The third-order valence-electron chi connectivity index (χ3n) is 6.82. The molecule has 4 aromatic rings. The van der Waals surface area contributed by atoms with Crippen LogP contribution in [0.3, 0.4) is 0 Å². The Kier molecular flexibility index (Phi) is 9.12. The van der Waals surface area contributed by atoms with E-state index in [0.717, 1.165) is 4.57 Å². The molecular weight excluding hydrogens is 563 g/mol. The van der Waals surface area contributed by atoms with E-state index in [-0.39, 0.29) is 25.0 Å². The zero-order valence-electron chi connectivity index (χ0n) is 24.5. The van der Waals surface area contributed by atoms with Gasteiger partial charge in [0.25, 0.3) is 5.56 Å². The van der Waals surface area contributed by atoms with Gasteiger partial charge in [-0.25, -0.2) is 13.8 Å². The Hall–Kier alpha value is -4.10. The summed E-state index contributed by atoms with van der Waals surface area (Å²) in [5.74, 6) is -0.265. The van der Waals surface area contributed by atoms with Gasteiger partial charge < -0.3 is 14.7 Å². The first kappa shape index (κ1) is 30.8. The van der Waals surface area contributed by atoms with E-state index in [4.69, 9.17) is 9.84 Å². The Bertz CT molecular complexity index is 1730. The van der Waals surface area contributed by atoms with Gasteiger partial charge in [-0.3, -0.25) is 14.2 Å². The minimum Gasteiger partial charge on any atom is -0.496 e. The fourth-order valence-electron chi connectivity index (χ4n) is 4.84. The predicted octanol–water partition coefficient (Wildman–Crippen LogP) is 3.02. The fourth-order valence-corrected chi connectivity index (χ4v) is 6.07. The number of hydrogen-bond donors (Lipinski definition) is 1. The van der Waals surface area contributed by atoms with E-state index in [2.05, 4.69) is 10.2 Å². The molecule has 1 amide bonds. The van der Waals surface area contributed by atoms with E-state index in [9.17, 15) is 18.8 Å². The van der Waals surface area contributed by atoms with E-state index in [1.54, 1.807) is 39.5 Å². The largest absolute Gasteiger partial charge is 0.496 e.